The average molecular weight is 277 g/mol. The summed E-state index contributed by atoms with van der Waals surface area (Å²) in [7, 11) is 0. The number of aliphatic carboxylic acids is 1. The van der Waals surface area contributed by atoms with E-state index in [9.17, 15) is 4.79 Å². The maximum atomic E-state index is 11.1. The first-order chi connectivity index (χ1) is 10.1. The minimum absolute atomic E-state index is 0.0267. The summed E-state index contributed by atoms with van der Waals surface area (Å²) in [5.74, 6) is -0.846. The van der Waals surface area contributed by atoms with Gasteiger partial charge in [0.05, 0.1) is 11.9 Å². The Kier molecular flexibility index (Phi) is 3.40. The zero-order chi connectivity index (χ0) is 14.8. The standard InChI is InChI=1S/C18H15NO2/c1-12-7-8-16-15(9-12)18(13-5-3-2-4-6-13)14(11-19-16)10-17(20)21/h2-9,11H,10H2,1H3,(H,20,21). The van der Waals surface area contributed by atoms with Gasteiger partial charge in [-0.3, -0.25) is 9.78 Å². The number of nitrogens with zero attached hydrogens (tertiary/aromatic N) is 1. The fourth-order valence-corrected chi connectivity index (χ4v) is 2.59. The number of aryl methyl sites for hydroxylation is 1. The Labute approximate surface area is 122 Å². The summed E-state index contributed by atoms with van der Waals surface area (Å²) in [4.78, 5) is 15.5. The molecule has 3 heteroatoms. The lowest BCUT2D eigenvalue weighted by molar-refractivity contribution is -0.136. The molecule has 1 N–H and O–H groups in total. The fourth-order valence-electron chi connectivity index (χ4n) is 2.59. The van der Waals surface area contributed by atoms with Crippen LogP contribution in [0.3, 0.4) is 0 Å². The molecule has 0 saturated heterocycles. The molecule has 0 bridgehead atoms. The number of rotatable bonds is 3. The summed E-state index contributed by atoms with van der Waals surface area (Å²) in [5.41, 5.74) is 4.74. The predicted molar refractivity (Wildman–Crippen MR) is 83.3 cm³/mol. The summed E-state index contributed by atoms with van der Waals surface area (Å²) >= 11 is 0. The molecule has 3 aromatic rings. The Morgan fingerprint density at radius 1 is 1.14 bits per heavy atom. The molecule has 0 aliphatic carbocycles. The van der Waals surface area contributed by atoms with Gasteiger partial charge >= 0.3 is 5.97 Å². The first kappa shape index (κ1) is 13.3. The SMILES string of the molecule is Cc1ccc2ncc(CC(=O)O)c(-c3ccccc3)c2c1. The molecule has 3 nitrogen and oxygen atoms in total. The molecular weight excluding hydrogens is 262 g/mol. The normalized spacial score (nSPS) is 10.7. The highest BCUT2D eigenvalue weighted by Crippen LogP contribution is 2.31. The molecule has 104 valence electrons. The topological polar surface area (TPSA) is 50.2 Å². The largest absolute Gasteiger partial charge is 0.481 e. The summed E-state index contributed by atoms with van der Waals surface area (Å²) < 4.78 is 0. The van der Waals surface area contributed by atoms with Crippen molar-refractivity contribution in [2.45, 2.75) is 13.3 Å². The number of aromatic nitrogens is 1. The van der Waals surface area contributed by atoms with E-state index in [-0.39, 0.29) is 6.42 Å². The van der Waals surface area contributed by atoms with Gasteiger partial charge in [-0.2, -0.15) is 0 Å². The van der Waals surface area contributed by atoms with Crippen LogP contribution in [0.2, 0.25) is 0 Å². The minimum atomic E-state index is -0.846. The highest BCUT2D eigenvalue weighted by molar-refractivity contribution is 5.97. The van der Waals surface area contributed by atoms with E-state index in [1.165, 1.54) is 0 Å². The van der Waals surface area contributed by atoms with Gasteiger partial charge in [-0.05, 0) is 35.7 Å². The van der Waals surface area contributed by atoms with Crippen molar-refractivity contribution in [3.63, 3.8) is 0 Å². The minimum Gasteiger partial charge on any atom is -0.481 e. The molecule has 21 heavy (non-hydrogen) atoms. The highest BCUT2D eigenvalue weighted by atomic mass is 16.4. The number of carbonyl (C=O) groups is 1. The lowest BCUT2D eigenvalue weighted by Crippen LogP contribution is -2.03. The fraction of sp³-hybridized carbons (Fsp3) is 0.111. The first-order valence-electron chi connectivity index (χ1n) is 6.80. The van der Waals surface area contributed by atoms with Crippen LogP contribution in [0, 0.1) is 6.92 Å². The van der Waals surface area contributed by atoms with Crippen molar-refractivity contribution in [1.29, 1.82) is 0 Å². The molecule has 0 spiro atoms. The van der Waals surface area contributed by atoms with Crippen molar-refractivity contribution >= 4 is 16.9 Å². The maximum Gasteiger partial charge on any atom is 0.307 e. The van der Waals surface area contributed by atoms with Crippen LogP contribution in [-0.2, 0) is 11.2 Å². The second kappa shape index (κ2) is 5.37. The second-order valence-corrected chi connectivity index (χ2v) is 5.12. The molecule has 2 aromatic carbocycles. The van der Waals surface area contributed by atoms with E-state index in [0.29, 0.717) is 0 Å². The summed E-state index contributed by atoms with van der Waals surface area (Å²) in [6, 6.07) is 15.9. The van der Waals surface area contributed by atoms with Gasteiger partial charge in [-0.1, -0.05) is 42.0 Å². The summed E-state index contributed by atoms with van der Waals surface area (Å²) in [5, 5.41) is 10.1. The van der Waals surface area contributed by atoms with Crippen molar-refractivity contribution in [2.75, 3.05) is 0 Å². The van der Waals surface area contributed by atoms with Crippen molar-refractivity contribution in [2.24, 2.45) is 0 Å². The molecular formula is C18H15NO2. The summed E-state index contributed by atoms with van der Waals surface area (Å²) in [6.07, 6.45) is 1.65. The average Bonchev–Trinajstić information content (AvgIpc) is 2.47. The predicted octanol–water partition coefficient (Wildman–Crippen LogP) is 3.84. The number of pyridine rings is 1. The van der Waals surface area contributed by atoms with Gasteiger partial charge in [-0.25, -0.2) is 0 Å². The number of carboxylic acid groups (broad SMARTS) is 1. The Morgan fingerprint density at radius 3 is 2.62 bits per heavy atom. The van der Waals surface area contributed by atoms with E-state index in [1.807, 2.05) is 49.4 Å². The van der Waals surface area contributed by atoms with E-state index in [0.717, 1.165) is 33.2 Å². The number of fused-ring (bicyclic) bond motifs is 1. The third-order valence-electron chi connectivity index (χ3n) is 3.51. The van der Waals surface area contributed by atoms with Crippen molar-refractivity contribution in [1.82, 2.24) is 4.98 Å². The van der Waals surface area contributed by atoms with Crippen LogP contribution in [0.15, 0.2) is 54.7 Å². The first-order valence-corrected chi connectivity index (χ1v) is 6.80. The molecule has 0 atom stereocenters. The van der Waals surface area contributed by atoms with E-state index < -0.39 is 5.97 Å². The van der Waals surface area contributed by atoms with Crippen molar-refractivity contribution in [3.8, 4) is 11.1 Å². The number of hydrogen-bond donors (Lipinski definition) is 1. The van der Waals surface area contributed by atoms with Crippen molar-refractivity contribution in [3.05, 3.63) is 65.9 Å². The zero-order valence-electron chi connectivity index (χ0n) is 11.7. The van der Waals surface area contributed by atoms with Gasteiger partial charge in [0.2, 0.25) is 0 Å². The van der Waals surface area contributed by atoms with Crippen LogP contribution in [0.25, 0.3) is 22.0 Å². The van der Waals surface area contributed by atoms with Crippen LogP contribution in [-0.4, -0.2) is 16.1 Å². The van der Waals surface area contributed by atoms with Crippen molar-refractivity contribution < 1.29 is 9.90 Å². The lowest BCUT2D eigenvalue weighted by Gasteiger charge is -2.12. The van der Waals surface area contributed by atoms with Crippen LogP contribution < -0.4 is 0 Å². The third-order valence-corrected chi connectivity index (χ3v) is 3.51. The van der Waals surface area contributed by atoms with Crippen LogP contribution in [0.5, 0.6) is 0 Å². The van der Waals surface area contributed by atoms with E-state index in [1.54, 1.807) is 6.20 Å². The van der Waals surface area contributed by atoms with Crippen LogP contribution in [0.4, 0.5) is 0 Å². The van der Waals surface area contributed by atoms with E-state index in [2.05, 4.69) is 11.1 Å². The smallest absolute Gasteiger partial charge is 0.307 e. The van der Waals surface area contributed by atoms with Gasteiger partial charge in [-0.15, -0.1) is 0 Å². The number of carboxylic acids is 1. The molecule has 1 aromatic heterocycles. The molecule has 0 saturated carbocycles. The molecule has 0 radical (unpaired) electrons. The highest BCUT2D eigenvalue weighted by Gasteiger charge is 2.13. The second-order valence-electron chi connectivity index (χ2n) is 5.12. The van der Waals surface area contributed by atoms with Gasteiger partial charge < -0.3 is 5.11 Å². The zero-order valence-corrected chi connectivity index (χ0v) is 11.7. The van der Waals surface area contributed by atoms with E-state index in [4.69, 9.17) is 5.11 Å². The van der Waals surface area contributed by atoms with Gasteiger partial charge in [0.15, 0.2) is 0 Å². The van der Waals surface area contributed by atoms with Gasteiger partial charge in [0.1, 0.15) is 0 Å². The Hall–Kier alpha value is -2.68. The molecule has 0 aliphatic heterocycles. The monoisotopic (exact) mass is 277 g/mol. The molecule has 1 heterocycles. The molecule has 0 fully saturated rings. The van der Waals surface area contributed by atoms with Crippen LogP contribution in [0.1, 0.15) is 11.1 Å². The number of benzene rings is 2. The third kappa shape index (κ3) is 2.63. The van der Waals surface area contributed by atoms with Gasteiger partial charge in [0, 0.05) is 11.6 Å². The maximum absolute atomic E-state index is 11.1. The quantitative estimate of drug-likeness (QED) is 0.791. The molecule has 3 rings (SSSR count). The summed E-state index contributed by atoms with van der Waals surface area (Å²) in [6.45, 7) is 2.03. The van der Waals surface area contributed by atoms with Gasteiger partial charge in [0.25, 0.3) is 0 Å². The Morgan fingerprint density at radius 2 is 1.90 bits per heavy atom. The number of hydrogen-bond acceptors (Lipinski definition) is 2. The molecule has 0 aliphatic rings. The lowest BCUT2D eigenvalue weighted by atomic mass is 9.94. The molecule has 0 amide bonds. The Bertz CT molecular complexity index is 810. The van der Waals surface area contributed by atoms with E-state index >= 15 is 0 Å². The molecule has 0 unspecified atom stereocenters. The van der Waals surface area contributed by atoms with Crippen LogP contribution >= 0.6 is 0 Å². The Balaban J connectivity index is 2.34.